The van der Waals surface area contributed by atoms with Gasteiger partial charge in [-0.1, -0.05) is 60.7 Å². The molecular formula is C26H18FN3O2S. The van der Waals surface area contributed by atoms with Gasteiger partial charge in [0.25, 0.3) is 5.91 Å². The number of hydrogen-bond donors (Lipinski definition) is 1. The summed E-state index contributed by atoms with van der Waals surface area (Å²) >= 11 is 1.29. The number of amides is 1. The number of nitrogens with zero attached hydrogens (tertiary/aromatic N) is 2. The van der Waals surface area contributed by atoms with Crippen molar-refractivity contribution < 1.29 is 13.9 Å². The van der Waals surface area contributed by atoms with Gasteiger partial charge in [0.15, 0.2) is 5.13 Å². The Labute approximate surface area is 194 Å². The van der Waals surface area contributed by atoms with E-state index in [1.165, 1.54) is 23.5 Å². The molecule has 4 rings (SSSR count). The summed E-state index contributed by atoms with van der Waals surface area (Å²) in [6.45, 7) is 0.104. The van der Waals surface area contributed by atoms with Gasteiger partial charge in [0.2, 0.25) is 0 Å². The summed E-state index contributed by atoms with van der Waals surface area (Å²) in [4.78, 5) is 17.0. The van der Waals surface area contributed by atoms with Gasteiger partial charge in [-0.05, 0) is 29.8 Å². The fourth-order valence-electron chi connectivity index (χ4n) is 2.99. The number of ether oxygens (including phenoxy) is 1. The number of benzene rings is 3. The third-order valence-corrected chi connectivity index (χ3v) is 5.46. The Balaban J connectivity index is 1.40. The average Bonchev–Trinajstić information content (AvgIpc) is 3.32. The minimum atomic E-state index is -0.536. The van der Waals surface area contributed by atoms with Crippen molar-refractivity contribution in [2.75, 3.05) is 5.32 Å². The maximum absolute atomic E-state index is 13.7. The number of halogens is 1. The van der Waals surface area contributed by atoms with Crippen LogP contribution in [0.15, 0.2) is 89.8 Å². The zero-order valence-electron chi connectivity index (χ0n) is 17.4. The Morgan fingerprint density at radius 2 is 1.79 bits per heavy atom. The molecule has 33 heavy (non-hydrogen) atoms. The standard InChI is InChI=1S/C26H18FN3O2S/c27-23-9-5-4-8-20(23)16-32-22-12-10-18(11-13-22)14-21(15-28)25(31)30-26-29-24(17-33-26)19-6-2-1-3-7-19/h1-14,17H,16H2,(H,29,30,31)/b21-14-. The van der Waals surface area contributed by atoms with Crippen LogP contribution in [0.5, 0.6) is 5.75 Å². The fraction of sp³-hybridized carbons (Fsp3) is 0.0385. The van der Waals surface area contributed by atoms with Crippen molar-refractivity contribution in [2.24, 2.45) is 0 Å². The third-order valence-electron chi connectivity index (χ3n) is 4.70. The molecule has 1 N–H and O–H groups in total. The van der Waals surface area contributed by atoms with Gasteiger partial charge in [0.05, 0.1) is 5.69 Å². The van der Waals surface area contributed by atoms with Gasteiger partial charge in [-0.3, -0.25) is 10.1 Å². The summed E-state index contributed by atoms with van der Waals surface area (Å²) in [6.07, 6.45) is 1.49. The van der Waals surface area contributed by atoms with Crippen LogP contribution in [-0.2, 0) is 11.4 Å². The molecule has 0 radical (unpaired) electrons. The lowest BCUT2D eigenvalue weighted by molar-refractivity contribution is -0.112. The molecule has 162 valence electrons. The van der Waals surface area contributed by atoms with Gasteiger partial charge in [0, 0.05) is 16.5 Å². The van der Waals surface area contributed by atoms with E-state index in [1.807, 2.05) is 41.8 Å². The minimum absolute atomic E-state index is 0.0495. The molecule has 0 atom stereocenters. The molecule has 1 amide bonds. The Hall–Kier alpha value is -4.28. The molecule has 0 aliphatic rings. The zero-order chi connectivity index (χ0) is 23.0. The third kappa shape index (κ3) is 5.70. The lowest BCUT2D eigenvalue weighted by atomic mass is 10.1. The molecular weight excluding hydrogens is 437 g/mol. The van der Waals surface area contributed by atoms with Crippen molar-refractivity contribution in [2.45, 2.75) is 6.61 Å². The first-order chi connectivity index (χ1) is 16.1. The topological polar surface area (TPSA) is 75.0 Å². The second-order valence-corrected chi connectivity index (χ2v) is 7.84. The molecule has 4 aromatic rings. The molecule has 0 aliphatic carbocycles. The normalized spacial score (nSPS) is 11.0. The van der Waals surface area contributed by atoms with Crippen LogP contribution in [0.4, 0.5) is 9.52 Å². The van der Waals surface area contributed by atoms with E-state index in [9.17, 15) is 14.4 Å². The van der Waals surface area contributed by atoms with E-state index >= 15 is 0 Å². The Bertz CT molecular complexity index is 1330. The predicted molar refractivity (Wildman–Crippen MR) is 127 cm³/mol. The highest BCUT2D eigenvalue weighted by Crippen LogP contribution is 2.25. The lowest BCUT2D eigenvalue weighted by Gasteiger charge is -2.07. The highest BCUT2D eigenvalue weighted by atomic mass is 32.1. The van der Waals surface area contributed by atoms with Crippen LogP contribution < -0.4 is 10.1 Å². The molecule has 0 saturated carbocycles. The molecule has 1 heterocycles. The van der Waals surface area contributed by atoms with Crippen LogP contribution >= 0.6 is 11.3 Å². The maximum Gasteiger partial charge on any atom is 0.268 e. The molecule has 0 aliphatic heterocycles. The quantitative estimate of drug-likeness (QED) is 0.271. The van der Waals surface area contributed by atoms with E-state index in [0.717, 1.165) is 11.3 Å². The number of anilines is 1. The van der Waals surface area contributed by atoms with Gasteiger partial charge >= 0.3 is 0 Å². The van der Waals surface area contributed by atoms with Crippen LogP contribution in [0.25, 0.3) is 17.3 Å². The Morgan fingerprint density at radius 3 is 2.52 bits per heavy atom. The first-order valence-corrected chi connectivity index (χ1v) is 10.9. The van der Waals surface area contributed by atoms with Gasteiger partial charge in [-0.15, -0.1) is 11.3 Å². The second-order valence-electron chi connectivity index (χ2n) is 6.98. The lowest BCUT2D eigenvalue weighted by Crippen LogP contribution is -2.13. The van der Waals surface area contributed by atoms with Crippen LogP contribution in [0, 0.1) is 17.1 Å². The van der Waals surface area contributed by atoms with Gasteiger partial charge in [-0.2, -0.15) is 5.26 Å². The predicted octanol–water partition coefficient (Wildman–Crippen LogP) is 6.07. The van der Waals surface area contributed by atoms with Crippen molar-refractivity contribution in [3.05, 3.63) is 107 Å². The van der Waals surface area contributed by atoms with Crippen LogP contribution in [0.3, 0.4) is 0 Å². The molecule has 7 heteroatoms. The smallest absolute Gasteiger partial charge is 0.268 e. The highest BCUT2D eigenvalue weighted by Gasteiger charge is 2.13. The van der Waals surface area contributed by atoms with Crippen molar-refractivity contribution in [3.8, 4) is 23.1 Å². The molecule has 5 nitrogen and oxygen atoms in total. The SMILES string of the molecule is N#C/C(=C/c1ccc(OCc2ccccc2F)cc1)C(=O)Nc1nc(-c2ccccc2)cs1. The first-order valence-electron chi connectivity index (χ1n) is 10.0. The zero-order valence-corrected chi connectivity index (χ0v) is 18.2. The number of hydrogen-bond acceptors (Lipinski definition) is 5. The molecule has 0 spiro atoms. The number of carbonyl (C=O) groups is 1. The molecule has 0 unspecified atom stereocenters. The van der Waals surface area contributed by atoms with E-state index < -0.39 is 5.91 Å². The summed E-state index contributed by atoms with van der Waals surface area (Å²) in [6, 6.07) is 24.8. The maximum atomic E-state index is 13.7. The molecule has 3 aromatic carbocycles. The fourth-order valence-corrected chi connectivity index (χ4v) is 3.70. The van der Waals surface area contributed by atoms with Crippen molar-refractivity contribution in [1.29, 1.82) is 5.26 Å². The molecule has 0 bridgehead atoms. The molecule has 0 saturated heterocycles. The number of nitriles is 1. The second kappa shape index (κ2) is 10.4. The summed E-state index contributed by atoms with van der Waals surface area (Å²) in [5, 5.41) is 14.4. The number of aromatic nitrogens is 1. The van der Waals surface area contributed by atoms with Gasteiger partial charge < -0.3 is 4.74 Å². The average molecular weight is 456 g/mol. The van der Waals surface area contributed by atoms with Gasteiger partial charge in [-0.25, -0.2) is 9.37 Å². The van der Waals surface area contributed by atoms with Crippen LogP contribution in [0.2, 0.25) is 0 Å². The summed E-state index contributed by atoms with van der Waals surface area (Å²) in [5.41, 5.74) is 2.77. The van der Waals surface area contributed by atoms with E-state index in [1.54, 1.807) is 42.5 Å². The number of nitrogens with one attached hydrogen (secondary N) is 1. The molecule has 1 aromatic heterocycles. The Kier molecular flexibility index (Phi) is 6.88. The first kappa shape index (κ1) is 21.9. The van der Waals surface area contributed by atoms with Gasteiger partial charge in [0.1, 0.15) is 29.8 Å². The van der Waals surface area contributed by atoms with E-state index in [-0.39, 0.29) is 18.0 Å². The number of carbonyl (C=O) groups excluding carboxylic acids is 1. The number of thiazole rings is 1. The van der Waals surface area contributed by atoms with Crippen LogP contribution in [0.1, 0.15) is 11.1 Å². The van der Waals surface area contributed by atoms with Crippen molar-refractivity contribution in [3.63, 3.8) is 0 Å². The van der Waals surface area contributed by atoms with E-state index in [0.29, 0.717) is 22.0 Å². The Morgan fingerprint density at radius 1 is 1.06 bits per heavy atom. The summed E-state index contributed by atoms with van der Waals surface area (Å²) in [5.74, 6) is -0.307. The van der Waals surface area contributed by atoms with E-state index in [4.69, 9.17) is 4.74 Å². The van der Waals surface area contributed by atoms with Crippen molar-refractivity contribution >= 4 is 28.5 Å². The summed E-state index contributed by atoms with van der Waals surface area (Å²) in [7, 11) is 0. The largest absolute Gasteiger partial charge is 0.489 e. The highest BCUT2D eigenvalue weighted by molar-refractivity contribution is 7.14. The number of rotatable bonds is 7. The monoisotopic (exact) mass is 455 g/mol. The molecule has 0 fully saturated rings. The summed E-state index contributed by atoms with van der Waals surface area (Å²) < 4.78 is 19.3. The van der Waals surface area contributed by atoms with Crippen molar-refractivity contribution in [1.82, 2.24) is 4.98 Å². The van der Waals surface area contributed by atoms with Crippen LogP contribution in [-0.4, -0.2) is 10.9 Å². The van der Waals surface area contributed by atoms with E-state index in [2.05, 4.69) is 10.3 Å². The minimum Gasteiger partial charge on any atom is -0.489 e.